The van der Waals surface area contributed by atoms with Crippen molar-refractivity contribution >= 4 is 29.1 Å². The van der Waals surface area contributed by atoms with Gasteiger partial charge in [0.1, 0.15) is 5.75 Å². The number of nitrogens with zero attached hydrogens (tertiary/aromatic N) is 2. The number of methoxy groups -OCH3 is 2. The van der Waals surface area contributed by atoms with Crippen molar-refractivity contribution in [3.63, 3.8) is 0 Å². The number of likely N-dealkylation sites (tertiary alicyclic amines) is 2. The fourth-order valence-corrected chi connectivity index (χ4v) is 4.34. The van der Waals surface area contributed by atoms with Gasteiger partial charge in [-0.05, 0) is 31.9 Å². The van der Waals surface area contributed by atoms with E-state index in [0.29, 0.717) is 28.4 Å². The van der Waals surface area contributed by atoms with Gasteiger partial charge in [-0.25, -0.2) is 0 Å². The smallest absolute Gasteiger partial charge is 0.255 e. The van der Waals surface area contributed by atoms with Gasteiger partial charge in [0, 0.05) is 45.8 Å². The molecule has 2 amide bonds. The lowest BCUT2D eigenvalue weighted by atomic mass is 10.0. The van der Waals surface area contributed by atoms with Gasteiger partial charge in [-0.1, -0.05) is 11.6 Å². The molecule has 0 unspecified atom stereocenters. The first-order valence-electron chi connectivity index (χ1n) is 10.4. The van der Waals surface area contributed by atoms with E-state index in [9.17, 15) is 9.59 Å². The zero-order valence-corrected chi connectivity index (χ0v) is 18.4. The monoisotopic (exact) mass is 438 g/mol. The molecule has 2 atom stereocenters. The number of nitrogens with one attached hydrogen (secondary N) is 1. The third kappa shape index (κ3) is 5.36. The van der Waals surface area contributed by atoms with E-state index < -0.39 is 0 Å². The number of nitrogens with two attached hydrogens (primary N) is 1. The number of halogens is 1. The van der Waals surface area contributed by atoms with E-state index in [1.54, 1.807) is 13.2 Å². The predicted molar refractivity (Wildman–Crippen MR) is 116 cm³/mol. The highest BCUT2D eigenvalue weighted by molar-refractivity contribution is 6.33. The van der Waals surface area contributed by atoms with Crippen LogP contribution < -0.4 is 15.8 Å². The highest BCUT2D eigenvalue weighted by atomic mass is 35.5. The van der Waals surface area contributed by atoms with Crippen molar-refractivity contribution in [2.45, 2.75) is 37.8 Å². The van der Waals surface area contributed by atoms with Gasteiger partial charge in [0.2, 0.25) is 5.91 Å². The van der Waals surface area contributed by atoms with E-state index >= 15 is 0 Å². The van der Waals surface area contributed by atoms with Crippen LogP contribution in [0.5, 0.6) is 5.75 Å². The number of rotatable bonds is 8. The van der Waals surface area contributed by atoms with Crippen LogP contribution in [0.3, 0.4) is 0 Å². The molecule has 166 valence electrons. The van der Waals surface area contributed by atoms with Crippen LogP contribution in [-0.4, -0.2) is 80.7 Å². The van der Waals surface area contributed by atoms with E-state index in [1.165, 1.54) is 13.2 Å². The predicted octanol–water partition coefficient (Wildman–Crippen LogP) is 1.76. The highest BCUT2D eigenvalue weighted by Gasteiger charge is 2.31. The van der Waals surface area contributed by atoms with E-state index in [2.05, 4.69) is 10.2 Å². The van der Waals surface area contributed by atoms with E-state index in [-0.39, 0.29) is 24.0 Å². The van der Waals surface area contributed by atoms with Crippen molar-refractivity contribution in [3.8, 4) is 5.75 Å². The Morgan fingerprint density at radius 3 is 2.77 bits per heavy atom. The Labute approximate surface area is 182 Å². The lowest BCUT2D eigenvalue weighted by Gasteiger charge is -2.38. The minimum absolute atomic E-state index is 0.111. The van der Waals surface area contributed by atoms with Crippen molar-refractivity contribution in [2.75, 3.05) is 52.7 Å². The molecular formula is C21H31ClN4O4. The quantitative estimate of drug-likeness (QED) is 0.600. The van der Waals surface area contributed by atoms with Crippen LogP contribution in [0.1, 0.15) is 36.0 Å². The van der Waals surface area contributed by atoms with Crippen LogP contribution in [-0.2, 0) is 9.53 Å². The number of benzene rings is 1. The van der Waals surface area contributed by atoms with Gasteiger partial charge in [0.15, 0.2) is 0 Å². The Balaban J connectivity index is 1.53. The van der Waals surface area contributed by atoms with Crippen molar-refractivity contribution in [3.05, 3.63) is 22.7 Å². The first-order valence-corrected chi connectivity index (χ1v) is 10.8. The molecule has 3 rings (SSSR count). The van der Waals surface area contributed by atoms with Crippen molar-refractivity contribution in [1.82, 2.24) is 15.1 Å². The normalized spacial score (nSPS) is 22.4. The standard InChI is InChI=1S/C21H31ClN4O4/c1-29-18-12-16(23)15(22)11-14(18)21(28)24-17-6-10-25(13-19(17)30-2)7-4-9-26-8-3-5-20(26)27/h11-12,17,19H,3-10,13,23H2,1-2H3,(H,24,28)/t17-,19+/m1/s1. The van der Waals surface area contributed by atoms with Crippen LogP contribution in [0.2, 0.25) is 5.02 Å². The molecule has 0 aliphatic carbocycles. The summed E-state index contributed by atoms with van der Waals surface area (Å²) < 4.78 is 11.0. The molecule has 8 nitrogen and oxygen atoms in total. The van der Waals surface area contributed by atoms with E-state index in [1.807, 2.05) is 4.90 Å². The molecule has 0 bridgehead atoms. The Hall–Kier alpha value is -2.03. The molecule has 30 heavy (non-hydrogen) atoms. The number of amides is 2. The molecule has 3 N–H and O–H groups in total. The number of carbonyl (C=O) groups excluding carboxylic acids is 2. The Kier molecular flexibility index (Phi) is 7.80. The maximum Gasteiger partial charge on any atom is 0.255 e. The number of hydrogen-bond acceptors (Lipinski definition) is 6. The second-order valence-electron chi connectivity index (χ2n) is 7.86. The summed E-state index contributed by atoms with van der Waals surface area (Å²) in [4.78, 5) is 28.9. The first kappa shape index (κ1) is 22.7. The third-order valence-corrected chi connectivity index (χ3v) is 6.23. The minimum atomic E-state index is -0.262. The molecule has 0 aromatic heterocycles. The summed E-state index contributed by atoms with van der Waals surface area (Å²) in [5.74, 6) is 0.392. The summed E-state index contributed by atoms with van der Waals surface area (Å²) in [6.45, 7) is 4.19. The molecule has 2 fully saturated rings. The molecule has 1 aromatic carbocycles. The molecule has 0 saturated carbocycles. The molecule has 2 saturated heterocycles. The van der Waals surface area contributed by atoms with Gasteiger partial charge >= 0.3 is 0 Å². The average Bonchev–Trinajstić information content (AvgIpc) is 3.15. The molecule has 9 heteroatoms. The van der Waals surface area contributed by atoms with E-state index in [0.717, 1.165) is 52.0 Å². The third-order valence-electron chi connectivity index (χ3n) is 5.90. The van der Waals surface area contributed by atoms with Crippen LogP contribution in [0.15, 0.2) is 12.1 Å². The van der Waals surface area contributed by atoms with Crippen molar-refractivity contribution < 1.29 is 19.1 Å². The van der Waals surface area contributed by atoms with Crippen LogP contribution in [0, 0.1) is 0 Å². The van der Waals surface area contributed by atoms with Gasteiger partial charge in [-0.2, -0.15) is 0 Å². The summed E-state index contributed by atoms with van der Waals surface area (Å²) in [7, 11) is 3.16. The number of piperidine rings is 1. The molecular weight excluding hydrogens is 408 g/mol. The molecule has 2 aliphatic rings. The Morgan fingerprint density at radius 2 is 2.10 bits per heavy atom. The summed E-state index contributed by atoms with van der Waals surface area (Å²) in [6, 6.07) is 2.97. The second-order valence-corrected chi connectivity index (χ2v) is 8.26. The summed E-state index contributed by atoms with van der Waals surface area (Å²) in [5.41, 5.74) is 6.52. The van der Waals surface area contributed by atoms with Gasteiger partial charge in [0.05, 0.1) is 35.5 Å². The molecule has 0 radical (unpaired) electrons. The van der Waals surface area contributed by atoms with Gasteiger partial charge in [-0.3, -0.25) is 9.59 Å². The number of nitrogen functional groups attached to an aromatic ring is 1. The van der Waals surface area contributed by atoms with Gasteiger partial charge in [-0.15, -0.1) is 0 Å². The maximum absolute atomic E-state index is 12.9. The lowest BCUT2D eigenvalue weighted by molar-refractivity contribution is -0.127. The van der Waals surface area contributed by atoms with Crippen molar-refractivity contribution in [2.24, 2.45) is 0 Å². The summed E-state index contributed by atoms with van der Waals surface area (Å²) >= 11 is 6.09. The minimum Gasteiger partial charge on any atom is -0.496 e. The topological polar surface area (TPSA) is 97.1 Å². The fraction of sp³-hybridized carbons (Fsp3) is 0.619. The molecule has 2 aliphatic heterocycles. The van der Waals surface area contributed by atoms with Crippen molar-refractivity contribution in [1.29, 1.82) is 0 Å². The van der Waals surface area contributed by atoms with Crippen LogP contribution in [0.25, 0.3) is 0 Å². The highest BCUT2D eigenvalue weighted by Crippen LogP contribution is 2.29. The molecule has 1 aromatic rings. The fourth-order valence-electron chi connectivity index (χ4n) is 4.17. The zero-order chi connectivity index (χ0) is 21.7. The van der Waals surface area contributed by atoms with Gasteiger partial charge in [0.25, 0.3) is 5.91 Å². The summed E-state index contributed by atoms with van der Waals surface area (Å²) in [6.07, 6.45) is 3.25. The van der Waals surface area contributed by atoms with E-state index in [4.69, 9.17) is 26.8 Å². The van der Waals surface area contributed by atoms with Crippen LogP contribution >= 0.6 is 11.6 Å². The first-order chi connectivity index (χ1) is 14.4. The van der Waals surface area contributed by atoms with Crippen LogP contribution in [0.4, 0.5) is 5.69 Å². The van der Waals surface area contributed by atoms with Gasteiger partial charge < -0.3 is 30.3 Å². The summed E-state index contributed by atoms with van der Waals surface area (Å²) in [5, 5.41) is 3.38. The zero-order valence-electron chi connectivity index (χ0n) is 17.7. The average molecular weight is 439 g/mol. The largest absolute Gasteiger partial charge is 0.496 e. The molecule has 2 heterocycles. The second kappa shape index (κ2) is 10.3. The number of hydrogen-bond donors (Lipinski definition) is 2. The molecule has 0 spiro atoms. The lowest BCUT2D eigenvalue weighted by Crippen LogP contribution is -2.55. The number of carbonyl (C=O) groups is 2. The Morgan fingerprint density at radius 1 is 1.30 bits per heavy atom. The maximum atomic E-state index is 12.9. The SMILES string of the molecule is COc1cc(N)c(Cl)cc1C(=O)N[C@@H]1CCN(CCCN2CCCC2=O)C[C@@H]1OC. The number of anilines is 1. The number of ether oxygens (including phenoxy) is 2. The Bertz CT molecular complexity index is 776.